The van der Waals surface area contributed by atoms with Gasteiger partial charge in [-0.3, -0.25) is 9.48 Å². The van der Waals surface area contributed by atoms with E-state index in [1.54, 1.807) is 0 Å². The van der Waals surface area contributed by atoms with Gasteiger partial charge in [-0.1, -0.05) is 45.7 Å². The Balaban J connectivity index is 0.000000706. The van der Waals surface area contributed by atoms with Gasteiger partial charge in [0.1, 0.15) is 5.69 Å². The lowest BCUT2D eigenvalue weighted by atomic mass is 9.90. The number of carbonyl (C=O) groups excluding carboxylic acids is 1. The lowest BCUT2D eigenvalue weighted by Gasteiger charge is -2.19. The molecule has 3 unspecified atom stereocenters. The second-order valence-electron chi connectivity index (χ2n) is 7.77. The minimum Gasteiger partial charge on any atom is -0.322 e. The molecule has 4 rings (SSSR count). The molecular weight excluding hydrogens is 360 g/mol. The van der Waals surface area contributed by atoms with Crippen LogP contribution in [0.3, 0.4) is 0 Å². The Morgan fingerprint density at radius 2 is 2.04 bits per heavy atom. The van der Waals surface area contributed by atoms with E-state index in [1.807, 2.05) is 12.1 Å². The van der Waals surface area contributed by atoms with Crippen molar-refractivity contribution in [2.45, 2.75) is 64.7 Å². The molecule has 6 heteroatoms. The largest absolute Gasteiger partial charge is 0.322 e. The Morgan fingerprint density at radius 3 is 2.68 bits per heavy atom. The first kappa shape index (κ1) is 20.5. The molecule has 3 atom stereocenters. The summed E-state index contributed by atoms with van der Waals surface area (Å²) in [5.74, 6) is 1.24. The fraction of sp³-hybridized carbons (Fsp3) is 0.545. The molecule has 1 fully saturated rings. The molecule has 4 nitrogen and oxygen atoms in total. The maximum Gasteiger partial charge on any atom is 0.282 e. The highest BCUT2D eigenvalue weighted by atomic mass is 19.3. The molecule has 1 aromatic carbocycles. The zero-order valence-electron chi connectivity index (χ0n) is 17.0. The van der Waals surface area contributed by atoms with Crippen LogP contribution in [0.25, 0.3) is 0 Å². The van der Waals surface area contributed by atoms with Crippen LogP contribution >= 0.6 is 0 Å². The molecule has 1 saturated carbocycles. The van der Waals surface area contributed by atoms with Gasteiger partial charge in [0.05, 0.1) is 5.56 Å². The van der Waals surface area contributed by atoms with Crippen molar-refractivity contribution in [1.29, 1.82) is 0 Å². The number of nitrogens with one attached hydrogen (secondary N) is 1. The molecule has 0 bridgehead atoms. The van der Waals surface area contributed by atoms with Crippen LogP contribution in [0.1, 0.15) is 91.9 Å². The monoisotopic (exact) mass is 389 g/mol. The lowest BCUT2D eigenvalue weighted by Crippen LogP contribution is -2.16. The lowest BCUT2D eigenvalue weighted by molar-refractivity contribution is 0.101. The zero-order valence-corrected chi connectivity index (χ0v) is 17.0. The fourth-order valence-corrected chi connectivity index (χ4v) is 4.36. The fourth-order valence-electron chi connectivity index (χ4n) is 4.36. The molecule has 2 aliphatic rings. The third-order valence-corrected chi connectivity index (χ3v) is 5.42. The maximum absolute atomic E-state index is 13.1. The van der Waals surface area contributed by atoms with E-state index in [0.717, 1.165) is 18.5 Å². The number of aromatic nitrogens is 2. The van der Waals surface area contributed by atoms with Gasteiger partial charge in [-0.05, 0) is 47.8 Å². The molecule has 1 aromatic heterocycles. The normalized spacial score (nSPS) is 21.6. The van der Waals surface area contributed by atoms with Crippen LogP contribution in [0, 0.1) is 5.92 Å². The number of nitrogens with zero attached hydrogens (tertiary/aromatic N) is 2. The molecule has 2 aliphatic carbocycles. The van der Waals surface area contributed by atoms with Crippen molar-refractivity contribution in [2.24, 2.45) is 13.0 Å². The third kappa shape index (κ3) is 3.82. The van der Waals surface area contributed by atoms with Crippen molar-refractivity contribution in [3.05, 3.63) is 46.8 Å². The van der Waals surface area contributed by atoms with Crippen molar-refractivity contribution in [2.75, 3.05) is 5.32 Å². The topological polar surface area (TPSA) is 46.9 Å². The molecule has 0 saturated heterocycles. The molecule has 152 valence electrons. The average molecular weight is 389 g/mol. The van der Waals surface area contributed by atoms with Crippen LogP contribution in [0.5, 0.6) is 0 Å². The van der Waals surface area contributed by atoms with Crippen molar-refractivity contribution in [3.63, 3.8) is 0 Å². The van der Waals surface area contributed by atoms with Crippen LogP contribution in [0.4, 0.5) is 14.5 Å². The zero-order chi connectivity index (χ0) is 20.4. The summed E-state index contributed by atoms with van der Waals surface area (Å²) < 4.78 is 27.5. The second-order valence-corrected chi connectivity index (χ2v) is 7.77. The maximum atomic E-state index is 13.1. The van der Waals surface area contributed by atoms with Crippen LogP contribution in [0.2, 0.25) is 0 Å². The van der Waals surface area contributed by atoms with Gasteiger partial charge < -0.3 is 5.32 Å². The summed E-state index contributed by atoms with van der Waals surface area (Å²) >= 11 is 0. The molecule has 28 heavy (non-hydrogen) atoms. The minimum atomic E-state index is -2.77. The number of anilines is 1. The Bertz CT molecular complexity index is 846. The van der Waals surface area contributed by atoms with Gasteiger partial charge in [0, 0.05) is 18.9 Å². The minimum absolute atomic E-state index is 0.0645. The number of hydrogen-bond acceptors (Lipinski definition) is 2. The number of fused-ring (bicyclic) bond motifs is 3. The van der Waals surface area contributed by atoms with Gasteiger partial charge in [-0.25, -0.2) is 8.78 Å². The number of rotatable bonds is 5. The van der Waals surface area contributed by atoms with E-state index in [-0.39, 0.29) is 5.56 Å². The molecule has 0 radical (unpaired) electrons. The number of benzene rings is 1. The summed E-state index contributed by atoms with van der Waals surface area (Å²) in [5, 5.41) is 6.59. The molecule has 1 N–H and O–H groups in total. The quantitative estimate of drug-likeness (QED) is 0.679. The summed E-state index contributed by atoms with van der Waals surface area (Å²) in [7, 11) is 1.54. The van der Waals surface area contributed by atoms with Gasteiger partial charge in [-0.15, -0.1) is 0 Å². The van der Waals surface area contributed by atoms with E-state index in [4.69, 9.17) is 0 Å². The Hall–Kier alpha value is -2.24. The van der Waals surface area contributed by atoms with Crippen molar-refractivity contribution >= 4 is 11.6 Å². The molecular formula is C22H29F2N3O. The number of halogens is 2. The molecule has 1 heterocycles. The molecule has 0 spiro atoms. The second kappa shape index (κ2) is 8.41. The van der Waals surface area contributed by atoms with E-state index in [2.05, 4.69) is 37.3 Å². The predicted octanol–water partition coefficient (Wildman–Crippen LogP) is 6.03. The Morgan fingerprint density at radius 1 is 1.32 bits per heavy atom. The average Bonchev–Trinajstić information content (AvgIpc) is 3.24. The first-order valence-corrected chi connectivity index (χ1v) is 10.2. The van der Waals surface area contributed by atoms with Gasteiger partial charge in [0.2, 0.25) is 0 Å². The molecule has 2 aromatic rings. The number of alkyl halides is 2. The highest BCUT2D eigenvalue weighted by molar-refractivity contribution is 6.05. The predicted molar refractivity (Wildman–Crippen MR) is 107 cm³/mol. The first-order valence-electron chi connectivity index (χ1n) is 10.2. The van der Waals surface area contributed by atoms with Gasteiger partial charge in [0.15, 0.2) is 0 Å². The van der Waals surface area contributed by atoms with Crippen LogP contribution in [0.15, 0.2) is 24.4 Å². The Kier molecular flexibility index (Phi) is 6.16. The summed E-state index contributed by atoms with van der Waals surface area (Å²) in [4.78, 5) is 12.6. The van der Waals surface area contributed by atoms with Gasteiger partial charge >= 0.3 is 0 Å². The third-order valence-electron chi connectivity index (χ3n) is 5.42. The van der Waals surface area contributed by atoms with Crippen LogP contribution < -0.4 is 5.32 Å². The van der Waals surface area contributed by atoms with Gasteiger partial charge in [0.25, 0.3) is 12.3 Å². The highest BCUT2D eigenvalue weighted by Crippen LogP contribution is 2.65. The standard InChI is InChI=1S/C19H21F2N3O.C3H8/c1-3-5-10-12-8-13(12)11-6-4-7-15(16(10)11)22-19(25)14-9-24(2)23-17(14)18(20)21;1-3-2/h4,6-7,9-10,12-13,18H,3,5,8H2,1-2H3,(H,22,25);3H2,1-2H3. The Labute approximate surface area is 165 Å². The molecule has 1 amide bonds. The van der Waals surface area contributed by atoms with Crippen molar-refractivity contribution in [1.82, 2.24) is 9.78 Å². The first-order chi connectivity index (χ1) is 13.4. The van der Waals surface area contributed by atoms with Crippen molar-refractivity contribution < 1.29 is 13.6 Å². The summed E-state index contributed by atoms with van der Waals surface area (Å²) in [6, 6.07) is 5.96. The summed E-state index contributed by atoms with van der Waals surface area (Å²) in [6.45, 7) is 6.42. The number of aryl methyl sites for hydroxylation is 1. The van der Waals surface area contributed by atoms with E-state index >= 15 is 0 Å². The number of amides is 1. The van der Waals surface area contributed by atoms with Crippen LogP contribution in [-0.2, 0) is 7.05 Å². The smallest absolute Gasteiger partial charge is 0.282 e. The van der Waals surface area contributed by atoms with Gasteiger partial charge in [-0.2, -0.15) is 5.10 Å². The molecule has 0 aliphatic heterocycles. The summed E-state index contributed by atoms with van der Waals surface area (Å²) in [6.07, 6.45) is 3.24. The number of hydrogen-bond donors (Lipinski definition) is 1. The van der Waals surface area contributed by atoms with Crippen LogP contribution in [-0.4, -0.2) is 15.7 Å². The number of carbonyl (C=O) groups is 1. The van der Waals surface area contributed by atoms with Crippen molar-refractivity contribution in [3.8, 4) is 0 Å². The van der Waals surface area contributed by atoms with E-state index < -0.39 is 18.0 Å². The van der Waals surface area contributed by atoms with E-state index in [9.17, 15) is 13.6 Å². The van der Waals surface area contributed by atoms with E-state index in [1.165, 1.54) is 41.9 Å². The SMILES string of the molecule is CCC.CCCC1c2c(NC(=O)c3cn(C)nc3C(F)F)cccc2C2CC21. The highest BCUT2D eigenvalue weighted by Gasteiger charge is 2.52. The summed E-state index contributed by atoms with van der Waals surface area (Å²) in [5.41, 5.74) is 2.76. The van der Waals surface area contributed by atoms with E-state index in [0.29, 0.717) is 17.8 Å².